The van der Waals surface area contributed by atoms with Crippen LogP contribution in [0.25, 0.3) is 16.9 Å². The Bertz CT molecular complexity index is 1180. The highest BCUT2D eigenvalue weighted by Crippen LogP contribution is 2.36. The van der Waals surface area contributed by atoms with Gasteiger partial charge in [0.1, 0.15) is 5.82 Å². The van der Waals surface area contributed by atoms with E-state index in [9.17, 15) is 4.79 Å². The Kier molecular flexibility index (Phi) is 3.54. The van der Waals surface area contributed by atoms with Gasteiger partial charge >= 0.3 is 0 Å². The van der Waals surface area contributed by atoms with E-state index in [2.05, 4.69) is 20.5 Å². The first-order chi connectivity index (χ1) is 13.2. The van der Waals surface area contributed by atoms with E-state index in [-0.39, 0.29) is 12.7 Å². The predicted octanol–water partition coefficient (Wildman–Crippen LogP) is 3.14. The number of thiazole rings is 1. The lowest BCUT2D eigenvalue weighted by Gasteiger charge is -2.03. The van der Waals surface area contributed by atoms with Gasteiger partial charge in [-0.25, -0.2) is 4.98 Å². The molecule has 1 amide bonds. The van der Waals surface area contributed by atoms with Crippen molar-refractivity contribution >= 4 is 28.0 Å². The molecule has 0 bridgehead atoms. The molecule has 5 rings (SSSR count). The molecular weight excluding hydrogens is 366 g/mol. The third-order valence-electron chi connectivity index (χ3n) is 4.23. The average Bonchev–Trinajstić information content (AvgIpc) is 3.41. The number of nitrogens with zero attached hydrogens (tertiary/aromatic N) is 4. The number of amides is 1. The largest absolute Gasteiger partial charge is 0.454 e. The predicted molar refractivity (Wildman–Crippen MR) is 99.4 cm³/mol. The van der Waals surface area contributed by atoms with E-state index in [4.69, 9.17) is 9.47 Å². The minimum Gasteiger partial charge on any atom is -0.454 e. The van der Waals surface area contributed by atoms with Crippen molar-refractivity contribution in [2.45, 2.75) is 6.92 Å². The molecule has 0 unspecified atom stereocenters. The normalized spacial score (nSPS) is 12.5. The average molecular weight is 379 g/mol. The number of aromatic nitrogens is 4. The van der Waals surface area contributed by atoms with E-state index in [1.54, 1.807) is 22.7 Å². The summed E-state index contributed by atoms with van der Waals surface area (Å²) < 4.78 is 12.5. The van der Waals surface area contributed by atoms with E-state index in [1.165, 1.54) is 11.3 Å². The fourth-order valence-electron chi connectivity index (χ4n) is 2.83. The van der Waals surface area contributed by atoms with Crippen LogP contribution in [0.4, 0.5) is 5.13 Å². The van der Waals surface area contributed by atoms with Crippen molar-refractivity contribution in [3.05, 3.63) is 53.3 Å². The van der Waals surface area contributed by atoms with E-state index >= 15 is 0 Å². The second-order valence-corrected chi connectivity index (χ2v) is 6.81. The number of fused-ring (bicyclic) bond motifs is 2. The quantitative estimate of drug-likeness (QED) is 0.588. The monoisotopic (exact) mass is 379 g/mol. The third kappa shape index (κ3) is 2.77. The molecule has 1 aliphatic heterocycles. The highest BCUT2D eigenvalue weighted by Gasteiger charge is 2.16. The molecule has 9 heteroatoms. The zero-order chi connectivity index (χ0) is 18.4. The van der Waals surface area contributed by atoms with E-state index in [0.717, 1.165) is 22.8 Å². The highest BCUT2D eigenvalue weighted by atomic mass is 32.1. The van der Waals surface area contributed by atoms with Crippen molar-refractivity contribution in [2.75, 3.05) is 12.1 Å². The van der Waals surface area contributed by atoms with Crippen molar-refractivity contribution in [3.63, 3.8) is 0 Å². The first kappa shape index (κ1) is 15.8. The van der Waals surface area contributed by atoms with Crippen molar-refractivity contribution < 1.29 is 14.3 Å². The van der Waals surface area contributed by atoms with Crippen LogP contribution in [0.1, 0.15) is 16.2 Å². The first-order valence-corrected chi connectivity index (χ1v) is 9.04. The zero-order valence-corrected chi connectivity index (χ0v) is 15.0. The number of rotatable bonds is 3. The molecule has 1 N–H and O–H groups in total. The number of anilines is 1. The summed E-state index contributed by atoms with van der Waals surface area (Å²) in [6.07, 6.45) is 1.71. The van der Waals surface area contributed by atoms with Crippen LogP contribution in [-0.4, -0.2) is 32.3 Å². The molecule has 0 saturated carbocycles. The molecule has 1 aliphatic rings. The Morgan fingerprint density at radius 3 is 3.00 bits per heavy atom. The topological polar surface area (TPSA) is 90.6 Å². The second-order valence-electron chi connectivity index (χ2n) is 5.95. The van der Waals surface area contributed by atoms with E-state index in [1.807, 2.05) is 30.5 Å². The lowest BCUT2D eigenvalue weighted by molar-refractivity contribution is 0.102. The van der Waals surface area contributed by atoms with Crippen LogP contribution in [0.15, 0.2) is 41.9 Å². The van der Waals surface area contributed by atoms with Crippen LogP contribution in [0.3, 0.4) is 0 Å². The summed E-state index contributed by atoms with van der Waals surface area (Å²) in [5.74, 6) is 1.90. The molecule has 0 atom stereocenters. The fraction of sp³-hybridized carbons (Fsp3) is 0.111. The smallest absolute Gasteiger partial charge is 0.258 e. The number of aryl methyl sites for hydroxylation is 1. The van der Waals surface area contributed by atoms with Gasteiger partial charge in [0.15, 0.2) is 22.3 Å². The number of nitrogens with one attached hydrogen (secondary N) is 1. The molecule has 4 heterocycles. The number of hydrogen-bond donors (Lipinski definition) is 1. The maximum atomic E-state index is 12.6. The lowest BCUT2D eigenvalue weighted by atomic mass is 10.1. The van der Waals surface area contributed by atoms with Gasteiger partial charge in [0.25, 0.3) is 5.91 Å². The number of carbonyl (C=O) groups is 1. The minimum atomic E-state index is -0.239. The molecule has 3 aromatic heterocycles. The van der Waals surface area contributed by atoms with Crippen molar-refractivity contribution in [1.29, 1.82) is 0 Å². The Labute approximate surface area is 157 Å². The molecule has 1 aromatic carbocycles. The molecule has 27 heavy (non-hydrogen) atoms. The van der Waals surface area contributed by atoms with Gasteiger partial charge in [-0.15, -0.1) is 21.5 Å². The van der Waals surface area contributed by atoms with E-state index < -0.39 is 0 Å². The summed E-state index contributed by atoms with van der Waals surface area (Å²) in [4.78, 5) is 17.1. The van der Waals surface area contributed by atoms with Gasteiger partial charge in [0.05, 0.1) is 11.3 Å². The summed E-state index contributed by atoms with van der Waals surface area (Å²) >= 11 is 1.36. The number of pyridine rings is 1. The fourth-order valence-corrected chi connectivity index (χ4v) is 3.54. The molecule has 0 saturated heterocycles. The standard InChI is InChI=1S/C18H13N5O3S/c1-10-21-22-16-5-3-12(7-23(10)16)17(24)20-18-19-13(8-27-18)11-2-4-14-15(6-11)26-9-25-14/h2-8H,9H2,1H3,(H,19,20,24). The van der Waals surface area contributed by atoms with Gasteiger partial charge < -0.3 is 9.47 Å². The maximum absolute atomic E-state index is 12.6. The Morgan fingerprint density at radius 1 is 1.19 bits per heavy atom. The molecule has 0 fully saturated rings. The first-order valence-electron chi connectivity index (χ1n) is 8.16. The number of ether oxygens (including phenoxy) is 2. The van der Waals surface area contributed by atoms with Gasteiger partial charge in [0.2, 0.25) is 6.79 Å². The van der Waals surface area contributed by atoms with Gasteiger partial charge in [0, 0.05) is 17.1 Å². The number of carbonyl (C=O) groups excluding carboxylic acids is 1. The van der Waals surface area contributed by atoms with Crippen molar-refractivity contribution in [2.24, 2.45) is 0 Å². The van der Waals surface area contributed by atoms with Crippen LogP contribution in [-0.2, 0) is 0 Å². The van der Waals surface area contributed by atoms with E-state index in [0.29, 0.717) is 22.1 Å². The molecule has 134 valence electrons. The van der Waals surface area contributed by atoms with Gasteiger partial charge in [-0.05, 0) is 37.3 Å². The molecule has 4 aromatic rings. The van der Waals surface area contributed by atoms with Gasteiger partial charge in [-0.3, -0.25) is 14.5 Å². The molecule has 0 aliphatic carbocycles. The molecule has 0 radical (unpaired) electrons. The number of hydrogen-bond acceptors (Lipinski definition) is 7. The molecule has 8 nitrogen and oxygen atoms in total. The molecule has 0 spiro atoms. The summed E-state index contributed by atoms with van der Waals surface area (Å²) in [6.45, 7) is 2.06. The van der Waals surface area contributed by atoms with Crippen LogP contribution in [0.2, 0.25) is 0 Å². The third-order valence-corrected chi connectivity index (χ3v) is 4.99. The van der Waals surface area contributed by atoms with Crippen LogP contribution < -0.4 is 14.8 Å². The van der Waals surface area contributed by atoms with Crippen LogP contribution in [0, 0.1) is 6.92 Å². The summed E-state index contributed by atoms with van der Waals surface area (Å²) in [6, 6.07) is 9.12. The minimum absolute atomic E-state index is 0.230. The molecular formula is C18H13N5O3S. The zero-order valence-electron chi connectivity index (χ0n) is 14.2. The summed E-state index contributed by atoms with van der Waals surface area (Å²) in [7, 11) is 0. The second kappa shape index (κ2) is 6.06. The Morgan fingerprint density at radius 2 is 2.07 bits per heavy atom. The lowest BCUT2D eigenvalue weighted by Crippen LogP contribution is -2.12. The number of benzene rings is 1. The van der Waals surface area contributed by atoms with Crippen LogP contribution in [0.5, 0.6) is 11.5 Å². The van der Waals surface area contributed by atoms with Gasteiger partial charge in [-0.1, -0.05) is 0 Å². The summed E-state index contributed by atoms with van der Waals surface area (Å²) in [5.41, 5.74) is 2.87. The Hall–Kier alpha value is -3.46. The van der Waals surface area contributed by atoms with Gasteiger partial charge in [-0.2, -0.15) is 0 Å². The summed E-state index contributed by atoms with van der Waals surface area (Å²) in [5, 5.41) is 13.3. The van der Waals surface area contributed by atoms with Crippen molar-refractivity contribution in [1.82, 2.24) is 19.6 Å². The SMILES string of the molecule is Cc1nnc2ccc(C(=O)Nc3nc(-c4ccc5c(c4)OCO5)cs3)cn12. The highest BCUT2D eigenvalue weighted by molar-refractivity contribution is 7.14. The van der Waals surface area contributed by atoms with Crippen molar-refractivity contribution in [3.8, 4) is 22.8 Å². The maximum Gasteiger partial charge on any atom is 0.258 e. The van der Waals surface area contributed by atoms with Crippen LogP contribution >= 0.6 is 11.3 Å². The Balaban J connectivity index is 1.38.